The lowest BCUT2D eigenvalue weighted by Crippen LogP contribution is -2.27. The summed E-state index contributed by atoms with van der Waals surface area (Å²) in [5, 5.41) is 1.81. The summed E-state index contributed by atoms with van der Waals surface area (Å²) >= 11 is 6.94. The summed E-state index contributed by atoms with van der Waals surface area (Å²) in [5.74, 6) is 0.230. The first kappa shape index (κ1) is 18.0. The molecule has 0 saturated carbocycles. The highest BCUT2D eigenvalue weighted by molar-refractivity contribution is 9.09. The summed E-state index contributed by atoms with van der Waals surface area (Å²) in [5.41, 5.74) is 2.62. The summed E-state index contributed by atoms with van der Waals surface area (Å²) in [4.78, 5) is 14.5. The van der Waals surface area contributed by atoms with E-state index in [-0.39, 0.29) is 5.97 Å². The van der Waals surface area contributed by atoms with Crippen LogP contribution in [0.4, 0.5) is 5.69 Å². The van der Waals surface area contributed by atoms with E-state index in [1.54, 1.807) is 6.07 Å². The minimum atomic E-state index is -0.325. The van der Waals surface area contributed by atoms with E-state index in [0.717, 1.165) is 35.0 Å². The third-order valence-corrected chi connectivity index (χ3v) is 4.20. The van der Waals surface area contributed by atoms with Gasteiger partial charge in [-0.15, -0.1) is 0 Å². The van der Waals surface area contributed by atoms with Crippen molar-refractivity contribution in [3.63, 3.8) is 0 Å². The number of alkyl halides is 2. The summed E-state index contributed by atoms with van der Waals surface area (Å²) in [6, 6.07) is 15.0. The number of benzene rings is 2. The zero-order valence-electron chi connectivity index (χ0n) is 13.0. The average molecular weight is 441 g/mol. The second-order valence-corrected chi connectivity index (χ2v) is 6.65. The summed E-state index contributed by atoms with van der Waals surface area (Å²) in [7, 11) is 0. The van der Waals surface area contributed by atoms with Gasteiger partial charge in [-0.25, -0.2) is 4.79 Å². The van der Waals surface area contributed by atoms with E-state index in [2.05, 4.69) is 36.8 Å². The molecular formula is C18H19Br2NO2. The van der Waals surface area contributed by atoms with E-state index in [0.29, 0.717) is 11.3 Å². The molecule has 0 spiro atoms. The molecule has 0 aromatic heterocycles. The van der Waals surface area contributed by atoms with Crippen LogP contribution in [0, 0.1) is 6.92 Å². The van der Waals surface area contributed by atoms with Gasteiger partial charge in [-0.05, 0) is 42.8 Å². The van der Waals surface area contributed by atoms with Gasteiger partial charge in [-0.2, -0.15) is 0 Å². The van der Waals surface area contributed by atoms with Crippen molar-refractivity contribution in [3.05, 3.63) is 59.7 Å². The molecule has 23 heavy (non-hydrogen) atoms. The molecule has 0 atom stereocenters. The highest BCUT2D eigenvalue weighted by Gasteiger charge is 2.11. The van der Waals surface area contributed by atoms with Crippen LogP contribution in [0.25, 0.3) is 0 Å². The van der Waals surface area contributed by atoms with Gasteiger partial charge >= 0.3 is 5.97 Å². The standard InChI is InChI=1S/C18H19Br2NO2/c1-14-4-2-3-5-17(14)18(22)23-16-8-6-15(7-9-16)21(12-10-19)13-11-20/h2-9H,10-13H2,1H3. The molecule has 0 aliphatic rings. The quantitative estimate of drug-likeness (QED) is 0.351. The average Bonchev–Trinajstić information content (AvgIpc) is 2.56. The van der Waals surface area contributed by atoms with Crippen molar-refractivity contribution in [3.8, 4) is 5.75 Å². The van der Waals surface area contributed by atoms with Crippen LogP contribution < -0.4 is 9.64 Å². The highest BCUT2D eigenvalue weighted by Crippen LogP contribution is 2.21. The van der Waals surface area contributed by atoms with Crippen LogP contribution in [-0.4, -0.2) is 29.7 Å². The van der Waals surface area contributed by atoms with E-state index in [4.69, 9.17) is 4.74 Å². The second-order valence-electron chi connectivity index (χ2n) is 5.06. The smallest absolute Gasteiger partial charge is 0.343 e. The number of halogens is 2. The molecule has 0 aliphatic carbocycles. The third-order valence-electron chi connectivity index (χ3n) is 3.49. The van der Waals surface area contributed by atoms with Crippen LogP contribution in [0.15, 0.2) is 48.5 Å². The molecule has 0 fully saturated rings. The highest BCUT2D eigenvalue weighted by atomic mass is 79.9. The number of ether oxygens (including phenoxy) is 1. The van der Waals surface area contributed by atoms with Crippen molar-refractivity contribution in [2.24, 2.45) is 0 Å². The Hall–Kier alpha value is -1.33. The lowest BCUT2D eigenvalue weighted by atomic mass is 10.1. The largest absolute Gasteiger partial charge is 0.423 e. The number of carbonyl (C=O) groups is 1. The number of carbonyl (C=O) groups excluding carboxylic acids is 1. The van der Waals surface area contributed by atoms with E-state index in [9.17, 15) is 4.79 Å². The van der Waals surface area contributed by atoms with E-state index in [1.807, 2.05) is 49.4 Å². The molecule has 0 heterocycles. The molecule has 2 rings (SSSR count). The first-order valence-corrected chi connectivity index (χ1v) is 9.64. The summed E-state index contributed by atoms with van der Waals surface area (Å²) in [6.07, 6.45) is 0. The van der Waals surface area contributed by atoms with Gasteiger partial charge < -0.3 is 9.64 Å². The number of anilines is 1. The minimum Gasteiger partial charge on any atom is -0.423 e. The molecule has 2 aromatic carbocycles. The SMILES string of the molecule is Cc1ccccc1C(=O)Oc1ccc(N(CCBr)CCBr)cc1. The number of hydrogen-bond donors (Lipinski definition) is 0. The van der Waals surface area contributed by atoms with Crippen LogP contribution in [0.3, 0.4) is 0 Å². The molecule has 0 aliphatic heterocycles. The molecule has 0 bridgehead atoms. The first-order chi connectivity index (χ1) is 11.2. The molecule has 5 heteroatoms. The number of nitrogens with zero attached hydrogens (tertiary/aromatic N) is 1. The number of hydrogen-bond acceptors (Lipinski definition) is 3. The number of esters is 1. The Morgan fingerprint density at radius 3 is 2.17 bits per heavy atom. The minimum absolute atomic E-state index is 0.325. The van der Waals surface area contributed by atoms with Crippen molar-refractivity contribution >= 4 is 43.5 Å². The first-order valence-electron chi connectivity index (χ1n) is 7.40. The molecule has 0 radical (unpaired) electrons. The molecule has 0 amide bonds. The maximum absolute atomic E-state index is 12.2. The van der Waals surface area contributed by atoms with Crippen LogP contribution >= 0.6 is 31.9 Å². The molecule has 3 nitrogen and oxygen atoms in total. The van der Waals surface area contributed by atoms with E-state index >= 15 is 0 Å². The second kappa shape index (κ2) is 9.08. The third kappa shape index (κ3) is 5.08. The molecule has 0 N–H and O–H groups in total. The van der Waals surface area contributed by atoms with Gasteiger partial charge in [0.1, 0.15) is 5.75 Å². The summed E-state index contributed by atoms with van der Waals surface area (Å²) < 4.78 is 5.46. The predicted octanol–water partition coefficient (Wildman–Crippen LogP) is 4.81. The molecule has 2 aromatic rings. The zero-order valence-corrected chi connectivity index (χ0v) is 16.1. The van der Waals surface area contributed by atoms with Crippen molar-refractivity contribution in [1.29, 1.82) is 0 Å². The van der Waals surface area contributed by atoms with Gasteiger partial charge in [0.25, 0.3) is 0 Å². The van der Waals surface area contributed by atoms with Crippen molar-refractivity contribution in [2.75, 3.05) is 28.6 Å². The molecule has 0 unspecified atom stereocenters. The Morgan fingerprint density at radius 2 is 1.61 bits per heavy atom. The van der Waals surface area contributed by atoms with E-state index < -0.39 is 0 Å². The fourth-order valence-electron chi connectivity index (χ4n) is 2.26. The fourth-order valence-corrected chi connectivity index (χ4v) is 3.12. The zero-order chi connectivity index (χ0) is 16.7. The molecule has 0 saturated heterocycles. The monoisotopic (exact) mass is 439 g/mol. The summed E-state index contributed by atoms with van der Waals surface area (Å²) in [6.45, 7) is 3.75. The Labute approximate surface area is 153 Å². The van der Waals surface area contributed by atoms with Gasteiger partial charge in [0.05, 0.1) is 5.56 Å². The lowest BCUT2D eigenvalue weighted by Gasteiger charge is -2.23. The van der Waals surface area contributed by atoms with Gasteiger partial charge in [-0.1, -0.05) is 50.1 Å². The van der Waals surface area contributed by atoms with E-state index in [1.165, 1.54) is 0 Å². The van der Waals surface area contributed by atoms with Gasteiger partial charge in [-0.3, -0.25) is 0 Å². The Bertz CT molecular complexity index is 638. The maximum atomic E-state index is 12.2. The Kier molecular flexibility index (Phi) is 7.12. The van der Waals surface area contributed by atoms with Crippen LogP contribution in [0.1, 0.15) is 15.9 Å². The maximum Gasteiger partial charge on any atom is 0.343 e. The van der Waals surface area contributed by atoms with Gasteiger partial charge in [0, 0.05) is 29.4 Å². The van der Waals surface area contributed by atoms with Crippen molar-refractivity contribution in [1.82, 2.24) is 0 Å². The predicted molar refractivity (Wildman–Crippen MR) is 102 cm³/mol. The van der Waals surface area contributed by atoms with Gasteiger partial charge in [0.15, 0.2) is 0 Å². The molecule has 122 valence electrons. The Balaban J connectivity index is 2.07. The molecular weight excluding hydrogens is 422 g/mol. The Morgan fingerprint density at radius 1 is 1.00 bits per heavy atom. The van der Waals surface area contributed by atoms with Crippen molar-refractivity contribution < 1.29 is 9.53 Å². The number of rotatable bonds is 7. The normalized spacial score (nSPS) is 10.4. The number of aryl methyl sites for hydroxylation is 1. The van der Waals surface area contributed by atoms with Gasteiger partial charge in [0.2, 0.25) is 0 Å². The van der Waals surface area contributed by atoms with Crippen LogP contribution in [0.5, 0.6) is 5.75 Å². The fraction of sp³-hybridized carbons (Fsp3) is 0.278. The van der Waals surface area contributed by atoms with Crippen molar-refractivity contribution in [2.45, 2.75) is 6.92 Å². The lowest BCUT2D eigenvalue weighted by molar-refractivity contribution is 0.0734. The van der Waals surface area contributed by atoms with Crippen LogP contribution in [0.2, 0.25) is 0 Å². The van der Waals surface area contributed by atoms with Crippen LogP contribution in [-0.2, 0) is 0 Å². The topological polar surface area (TPSA) is 29.5 Å².